The van der Waals surface area contributed by atoms with Crippen molar-refractivity contribution in [3.63, 3.8) is 0 Å². The summed E-state index contributed by atoms with van der Waals surface area (Å²) >= 11 is 0. The van der Waals surface area contributed by atoms with E-state index < -0.39 is 0 Å². The number of hydrogen-bond acceptors (Lipinski definition) is 2. The van der Waals surface area contributed by atoms with Crippen molar-refractivity contribution in [2.24, 2.45) is 0 Å². The highest BCUT2D eigenvalue weighted by atomic mass is 16.5. The van der Waals surface area contributed by atoms with Gasteiger partial charge in [-0.15, -0.1) is 0 Å². The SMILES string of the molecule is Cc1ccc2c(c1)c1ccccc1c1cc3c4cc5c(cc4n(-c4ccccc4)c3cc21)N(c1ccc2c(c1)c1cc(-c3ccc4c(c3)c3ccccc3n4-c3ccccc3)ccc1n2-c1ccccc1)c1cc2ccccc2cc1O5. The van der Waals surface area contributed by atoms with Crippen LogP contribution in [0.1, 0.15) is 5.56 Å². The van der Waals surface area contributed by atoms with Crippen LogP contribution in [0.2, 0.25) is 0 Å². The van der Waals surface area contributed by atoms with Gasteiger partial charge in [0, 0.05) is 55.1 Å². The van der Waals surface area contributed by atoms with Crippen LogP contribution in [0.4, 0.5) is 17.1 Å². The smallest absolute Gasteiger partial charge is 0.152 e. The van der Waals surface area contributed by atoms with Crippen molar-refractivity contribution >= 4 is 126 Å². The zero-order chi connectivity index (χ0) is 53.7. The van der Waals surface area contributed by atoms with Crippen LogP contribution < -0.4 is 9.64 Å². The zero-order valence-corrected chi connectivity index (χ0v) is 44.7. The van der Waals surface area contributed by atoms with E-state index in [1.807, 2.05) is 0 Å². The van der Waals surface area contributed by atoms with Crippen molar-refractivity contribution in [3.8, 4) is 39.7 Å². The Morgan fingerprint density at radius 1 is 0.244 bits per heavy atom. The summed E-state index contributed by atoms with van der Waals surface area (Å²) in [6.45, 7) is 2.19. The third-order valence-corrected chi connectivity index (χ3v) is 17.5. The molecule has 0 bridgehead atoms. The van der Waals surface area contributed by atoms with Crippen molar-refractivity contribution in [3.05, 3.63) is 279 Å². The molecule has 14 aromatic carbocycles. The molecule has 0 spiro atoms. The largest absolute Gasteiger partial charge is 0.453 e. The molecule has 5 heteroatoms. The number of nitrogens with zero attached hydrogens (tertiary/aromatic N) is 4. The minimum absolute atomic E-state index is 0.805. The van der Waals surface area contributed by atoms with Gasteiger partial charge in [0.2, 0.25) is 0 Å². The summed E-state index contributed by atoms with van der Waals surface area (Å²) in [6.07, 6.45) is 0. The Balaban J connectivity index is 0.888. The lowest BCUT2D eigenvalue weighted by Crippen LogP contribution is -2.16. The fourth-order valence-corrected chi connectivity index (χ4v) is 13.9. The highest BCUT2D eigenvalue weighted by Crippen LogP contribution is 2.55. The standard InChI is InChI=1S/C77H48N4O/c1-47-29-33-58-60(37-47)56-25-13-14-26-57(56)61-43-66-67-45-77-75(46-73(67)80(72(66)44-62(58)61)54-23-9-4-10-24-54)81(74-40-48-17-11-12-18-49(48)41-76(74)82-77)55-32-36-71-65(42-55)64-39-51(31-35-70(64)79(71)53-21-7-3-8-22-53)50-30-34-69-63(38-50)59-27-15-16-28-68(59)78(69)52-19-5-2-6-20-52/h2-46H,1H3. The Morgan fingerprint density at radius 3 is 1.34 bits per heavy atom. The molecule has 17 aromatic rings. The molecule has 18 rings (SSSR count). The van der Waals surface area contributed by atoms with Crippen LogP contribution in [-0.4, -0.2) is 13.7 Å². The van der Waals surface area contributed by atoms with Gasteiger partial charge in [0.1, 0.15) is 0 Å². The summed E-state index contributed by atoms with van der Waals surface area (Å²) in [5.74, 6) is 1.62. The number of aryl methyl sites for hydroxylation is 1. The van der Waals surface area contributed by atoms with Crippen molar-refractivity contribution in [1.29, 1.82) is 0 Å². The fraction of sp³-hybridized carbons (Fsp3) is 0.0130. The average Bonchev–Trinajstić information content (AvgIpc) is 2.03. The molecule has 0 atom stereocenters. The first-order valence-electron chi connectivity index (χ1n) is 28.2. The van der Waals surface area contributed by atoms with E-state index in [1.165, 1.54) is 76.0 Å². The van der Waals surface area contributed by atoms with Crippen molar-refractivity contribution in [1.82, 2.24) is 13.7 Å². The number of ether oxygens (including phenoxy) is 1. The second-order valence-corrected chi connectivity index (χ2v) is 22.1. The summed E-state index contributed by atoms with van der Waals surface area (Å²) in [6, 6.07) is 101. The Labute approximate surface area is 471 Å². The minimum Gasteiger partial charge on any atom is -0.453 e. The van der Waals surface area contributed by atoms with Crippen LogP contribution >= 0.6 is 0 Å². The first-order chi connectivity index (χ1) is 40.6. The van der Waals surface area contributed by atoms with E-state index in [2.05, 4.69) is 299 Å². The Bertz CT molecular complexity index is 5560. The van der Waals surface area contributed by atoms with Gasteiger partial charge >= 0.3 is 0 Å². The molecule has 5 nitrogen and oxygen atoms in total. The van der Waals surface area contributed by atoms with Gasteiger partial charge in [-0.3, -0.25) is 0 Å². The highest BCUT2D eigenvalue weighted by molar-refractivity contribution is 6.29. The number of aromatic nitrogens is 3. The maximum absolute atomic E-state index is 7.25. The molecule has 1 aliphatic heterocycles. The maximum Gasteiger partial charge on any atom is 0.152 e. The lowest BCUT2D eigenvalue weighted by atomic mass is 9.92. The molecule has 0 N–H and O–H groups in total. The van der Waals surface area contributed by atoms with Gasteiger partial charge in [0.15, 0.2) is 11.5 Å². The first kappa shape index (κ1) is 45.0. The van der Waals surface area contributed by atoms with Gasteiger partial charge in [0.25, 0.3) is 0 Å². The van der Waals surface area contributed by atoms with Crippen LogP contribution in [0.15, 0.2) is 273 Å². The number of fused-ring (bicyclic) bond motifs is 18. The third kappa shape index (κ3) is 6.50. The Kier molecular flexibility index (Phi) is 9.37. The average molecular weight is 1050 g/mol. The van der Waals surface area contributed by atoms with Gasteiger partial charge < -0.3 is 23.3 Å². The molecular formula is C77H48N4O. The maximum atomic E-state index is 7.25. The number of hydrogen-bond donors (Lipinski definition) is 0. The molecule has 0 aliphatic carbocycles. The molecule has 0 fully saturated rings. The molecule has 0 radical (unpaired) electrons. The van der Waals surface area contributed by atoms with Gasteiger partial charge in [-0.25, -0.2) is 0 Å². The lowest BCUT2D eigenvalue weighted by molar-refractivity contribution is 0.478. The van der Waals surface area contributed by atoms with Gasteiger partial charge in [-0.2, -0.15) is 0 Å². The van der Waals surface area contributed by atoms with Gasteiger partial charge in [0.05, 0.1) is 44.5 Å². The van der Waals surface area contributed by atoms with Crippen LogP contribution in [0.3, 0.4) is 0 Å². The van der Waals surface area contributed by atoms with E-state index in [4.69, 9.17) is 4.74 Å². The number of benzene rings is 14. The first-order valence-corrected chi connectivity index (χ1v) is 28.2. The predicted octanol–water partition coefficient (Wildman–Crippen LogP) is 21.1. The molecule has 1 aliphatic rings. The highest BCUT2D eigenvalue weighted by Gasteiger charge is 2.30. The van der Waals surface area contributed by atoms with Crippen molar-refractivity contribution in [2.75, 3.05) is 4.90 Å². The molecule has 4 heterocycles. The molecule has 0 unspecified atom stereocenters. The molecule has 82 heavy (non-hydrogen) atoms. The van der Waals surface area contributed by atoms with E-state index in [0.29, 0.717) is 0 Å². The van der Waals surface area contributed by atoms with Crippen molar-refractivity contribution in [2.45, 2.75) is 6.92 Å². The van der Waals surface area contributed by atoms with Crippen LogP contribution in [0, 0.1) is 6.92 Å². The van der Waals surface area contributed by atoms with E-state index in [9.17, 15) is 0 Å². The number of para-hydroxylation sites is 4. The summed E-state index contributed by atoms with van der Waals surface area (Å²) < 4.78 is 14.5. The monoisotopic (exact) mass is 1040 g/mol. The third-order valence-electron chi connectivity index (χ3n) is 17.5. The van der Waals surface area contributed by atoms with E-state index in [1.54, 1.807) is 0 Å². The van der Waals surface area contributed by atoms with E-state index in [0.717, 1.165) is 94.8 Å². The van der Waals surface area contributed by atoms with Crippen LogP contribution in [0.5, 0.6) is 11.5 Å². The normalized spacial score (nSPS) is 12.5. The molecule has 0 amide bonds. The zero-order valence-electron chi connectivity index (χ0n) is 44.7. The van der Waals surface area contributed by atoms with Gasteiger partial charge in [-0.05, 0) is 182 Å². The van der Waals surface area contributed by atoms with Gasteiger partial charge in [-0.1, -0.05) is 157 Å². The van der Waals surface area contributed by atoms with E-state index in [-0.39, 0.29) is 0 Å². The number of rotatable bonds is 5. The molecule has 3 aromatic heterocycles. The predicted molar refractivity (Wildman–Crippen MR) is 344 cm³/mol. The lowest BCUT2D eigenvalue weighted by Gasteiger charge is -2.33. The second kappa shape index (κ2) is 17.1. The summed E-state index contributed by atoms with van der Waals surface area (Å²) in [4.78, 5) is 2.44. The minimum atomic E-state index is 0.805. The Morgan fingerprint density at radius 2 is 0.683 bits per heavy atom. The topological polar surface area (TPSA) is 27.3 Å². The van der Waals surface area contributed by atoms with Crippen LogP contribution in [0.25, 0.3) is 137 Å². The molecule has 0 saturated carbocycles. The molecule has 0 saturated heterocycles. The molecule has 382 valence electrons. The molecular weight excluding hydrogens is 997 g/mol. The van der Waals surface area contributed by atoms with Crippen molar-refractivity contribution < 1.29 is 4.74 Å². The van der Waals surface area contributed by atoms with Crippen LogP contribution in [-0.2, 0) is 0 Å². The Hall–Kier alpha value is -10.9. The summed E-state index contributed by atoms with van der Waals surface area (Å²) in [7, 11) is 0. The summed E-state index contributed by atoms with van der Waals surface area (Å²) in [5, 5.41) is 16.9. The quantitative estimate of drug-likeness (QED) is 0.161. The van der Waals surface area contributed by atoms with E-state index >= 15 is 0 Å². The fourth-order valence-electron chi connectivity index (χ4n) is 13.9. The second-order valence-electron chi connectivity index (χ2n) is 22.1. The summed E-state index contributed by atoms with van der Waals surface area (Å²) in [5.41, 5.74) is 16.9. The number of anilines is 3.